The second kappa shape index (κ2) is 9.81. The molecule has 0 aliphatic carbocycles. The van der Waals surface area contributed by atoms with Crippen molar-refractivity contribution in [3.63, 3.8) is 0 Å². The van der Waals surface area contributed by atoms with Gasteiger partial charge in [-0.15, -0.1) is 0 Å². The van der Waals surface area contributed by atoms with E-state index >= 15 is 0 Å². The Bertz CT molecular complexity index is 1580. The molecule has 0 bridgehead atoms. The number of aromatic nitrogens is 1. The van der Waals surface area contributed by atoms with E-state index < -0.39 is 16.1 Å². The first-order valence-electron chi connectivity index (χ1n) is 10.8. The maximum absolute atomic E-state index is 13.1. The molecule has 1 aliphatic rings. The largest absolute Gasteiger partial charge is 0.342 e. The molecule has 0 N–H and O–H groups in total. The van der Waals surface area contributed by atoms with Gasteiger partial charge in [-0.05, 0) is 41.6 Å². The zero-order valence-corrected chi connectivity index (χ0v) is 20.9. The van der Waals surface area contributed by atoms with Gasteiger partial charge in [0.2, 0.25) is 0 Å². The second-order valence-corrected chi connectivity index (χ2v) is 9.96. The number of thioether (sulfide) groups is 1. The molecule has 1 aromatic heterocycles. The van der Waals surface area contributed by atoms with E-state index in [2.05, 4.69) is 0 Å². The molecule has 1 saturated heterocycles. The molecule has 36 heavy (non-hydrogen) atoms. The average Bonchev–Trinajstić information content (AvgIpc) is 3.33. The zero-order valence-electron chi connectivity index (χ0n) is 18.6. The molecule has 10 heteroatoms. The van der Waals surface area contributed by atoms with E-state index in [0.717, 1.165) is 38.7 Å². The van der Waals surface area contributed by atoms with Gasteiger partial charge in [-0.25, -0.2) is 0 Å². The Labute approximate surface area is 220 Å². The maximum atomic E-state index is 13.1. The standard InChI is InChI=1S/C26H17Cl2N3O4S/c27-19-10-9-16(21(28)12-19)13-29-14-18(20-6-2-4-8-23(20)29)11-24-25(32)30(26(33)36-24)15-17-5-1-3-7-22(17)31(34)35/h1-12,14H,13,15H2/b24-11+. The maximum Gasteiger partial charge on any atom is 0.293 e. The third-order valence-corrected chi connectivity index (χ3v) is 7.35. The summed E-state index contributed by atoms with van der Waals surface area (Å²) in [6.45, 7) is 0.319. The van der Waals surface area contributed by atoms with Gasteiger partial charge in [0.1, 0.15) is 0 Å². The minimum absolute atomic E-state index is 0.135. The summed E-state index contributed by atoms with van der Waals surface area (Å²) in [5.41, 5.74) is 2.76. The summed E-state index contributed by atoms with van der Waals surface area (Å²) in [7, 11) is 0. The second-order valence-electron chi connectivity index (χ2n) is 8.12. The summed E-state index contributed by atoms with van der Waals surface area (Å²) in [5, 5.41) is 12.9. The fourth-order valence-electron chi connectivity index (χ4n) is 4.12. The van der Waals surface area contributed by atoms with Crippen LogP contribution in [-0.4, -0.2) is 25.5 Å². The smallest absolute Gasteiger partial charge is 0.293 e. The molecule has 0 atom stereocenters. The molecular weight excluding hydrogens is 521 g/mol. The summed E-state index contributed by atoms with van der Waals surface area (Å²) in [6.07, 6.45) is 3.60. The lowest BCUT2D eigenvalue weighted by atomic mass is 10.1. The molecule has 7 nitrogen and oxygen atoms in total. The predicted molar refractivity (Wildman–Crippen MR) is 142 cm³/mol. The van der Waals surface area contributed by atoms with Crippen LogP contribution >= 0.6 is 35.0 Å². The molecule has 0 radical (unpaired) electrons. The van der Waals surface area contributed by atoms with Gasteiger partial charge in [0.05, 0.1) is 16.4 Å². The number of hydrogen-bond acceptors (Lipinski definition) is 5. The first-order valence-corrected chi connectivity index (χ1v) is 12.4. The van der Waals surface area contributed by atoms with Gasteiger partial charge in [0.15, 0.2) is 0 Å². The van der Waals surface area contributed by atoms with Crippen molar-refractivity contribution in [2.24, 2.45) is 0 Å². The summed E-state index contributed by atoms with van der Waals surface area (Å²) in [6, 6.07) is 19.2. The SMILES string of the molecule is O=C1S/C(=C/c2cn(Cc3ccc(Cl)cc3Cl)c3ccccc23)C(=O)N1Cc1ccccc1[N+](=O)[O-]. The quantitative estimate of drug-likeness (QED) is 0.148. The average molecular weight is 538 g/mol. The third-order valence-electron chi connectivity index (χ3n) is 5.85. The van der Waals surface area contributed by atoms with Crippen molar-refractivity contribution in [1.82, 2.24) is 9.47 Å². The van der Waals surface area contributed by atoms with Crippen LogP contribution < -0.4 is 0 Å². The molecule has 0 unspecified atom stereocenters. The minimum atomic E-state index is -0.522. The highest BCUT2D eigenvalue weighted by molar-refractivity contribution is 8.18. The third kappa shape index (κ3) is 4.63. The van der Waals surface area contributed by atoms with Crippen LogP contribution in [0.5, 0.6) is 0 Å². The van der Waals surface area contributed by atoms with Crippen LogP contribution in [0.1, 0.15) is 16.7 Å². The lowest BCUT2D eigenvalue weighted by molar-refractivity contribution is -0.385. The molecular formula is C26H17Cl2N3O4S. The van der Waals surface area contributed by atoms with E-state index in [1.165, 1.54) is 6.07 Å². The number of nitrogens with zero attached hydrogens (tertiary/aromatic N) is 3. The van der Waals surface area contributed by atoms with Gasteiger partial charge >= 0.3 is 0 Å². The number of amides is 2. The molecule has 5 rings (SSSR count). The molecule has 3 aromatic carbocycles. The van der Waals surface area contributed by atoms with Crippen LogP contribution in [0, 0.1) is 10.1 Å². The van der Waals surface area contributed by atoms with E-state index in [4.69, 9.17) is 23.2 Å². The molecule has 1 aliphatic heterocycles. The summed E-state index contributed by atoms with van der Waals surface area (Å²) in [4.78, 5) is 37.9. The lowest BCUT2D eigenvalue weighted by Crippen LogP contribution is -2.27. The van der Waals surface area contributed by atoms with Crippen molar-refractivity contribution in [3.8, 4) is 0 Å². The van der Waals surface area contributed by atoms with E-state index in [-0.39, 0.29) is 17.1 Å². The number of carbonyl (C=O) groups excluding carboxylic acids is 2. The van der Waals surface area contributed by atoms with Crippen LogP contribution in [-0.2, 0) is 17.9 Å². The highest BCUT2D eigenvalue weighted by Crippen LogP contribution is 2.36. The molecule has 2 heterocycles. The van der Waals surface area contributed by atoms with Crippen molar-refractivity contribution in [2.75, 3.05) is 0 Å². The van der Waals surface area contributed by atoms with Crippen LogP contribution in [0.2, 0.25) is 10.0 Å². The highest BCUT2D eigenvalue weighted by Gasteiger charge is 2.36. The van der Waals surface area contributed by atoms with E-state index in [9.17, 15) is 19.7 Å². The topological polar surface area (TPSA) is 85.5 Å². The number of para-hydroxylation sites is 2. The number of hydrogen-bond donors (Lipinski definition) is 0. The van der Waals surface area contributed by atoms with Gasteiger partial charge in [-0.1, -0.05) is 65.7 Å². The van der Waals surface area contributed by atoms with Crippen molar-refractivity contribution in [3.05, 3.63) is 115 Å². The van der Waals surface area contributed by atoms with Crippen molar-refractivity contribution in [1.29, 1.82) is 0 Å². The van der Waals surface area contributed by atoms with Crippen molar-refractivity contribution >= 4 is 68.8 Å². The summed E-state index contributed by atoms with van der Waals surface area (Å²) < 4.78 is 2.02. The Balaban J connectivity index is 1.47. The Hall–Kier alpha value is -3.59. The molecule has 1 fully saturated rings. The van der Waals surface area contributed by atoms with Crippen molar-refractivity contribution in [2.45, 2.75) is 13.1 Å². The normalized spacial score (nSPS) is 14.8. The molecule has 0 spiro atoms. The van der Waals surface area contributed by atoms with E-state index in [0.29, 0.717) is 22.2 Å². The van der Waals surface area contributed by atoms with E-state index in [1.807, 2.05) is 41.1 Å². The van der Waals surface area contributed by atoms with Gasteiger partial charge in [0, 0.05) is 50.9 Å². The Morgan fingerprint density at radius 2 is 1.69 bits per heavy atom. The molecule has 4 aromatic rings. The van der Waals surface area contributed by atoms with Crippen LogP contribution in [0.3, 0.4) is 0 Å². The number of fused-ring (bicyclic) bond motifs is 1. The van der Waals surface area contributed by atoms with Gasteiger partial charge in [-0.2, -0.15) is 0 Å². The number of benzene rings is 3. The highest BCUT2D eigenvalue weighted by atomic mass is 35.5. The number of carbonyl (C=O) groups is 2. The number of nitro groups is 1. The van der Waals surface area contributed by atoms with E-state index in [1.54, 1.807) is 36.4 Å². The minimum Gasteiger partial charge on any atom is -0.342 e. The fourth-order valence-corrected chi connectivity index (χ4v) is 5.42. The predicted octanol–water partition coefficient (Wildman–Crippen LogP) is 7.14. The molecule has 2 amide bonds. The Kier molecular flexibility index (Phi) is 6.57. The van der Waals surface area contributed by atoms with Gasteiger partial charge < -0.3 is 4.57 Å². The van der Waals surface area contributed by atoms with Crippen LogP contribution in [0.25, 0.3) is 17.0 Å². The zero-order chi connectivity index (χ0) is 25.4. The summed E-state index contributed by atoms with van der Waals surface area (Å²) >= 11 is 13.2. The Morgan fingerprint density at radius 1 is 0.944 bits per heavy atom. The number of halogens is 2. The Morgan fingerprint density at radius 3 is 2.47 bits per heavy atom. The number of nitro benzene ring substituents is 1. The molecule has 0 saturated carbocycles. The lowest BCUT2D eigenvalue weighted by Gasteiger charge is -2.12. The number of imide groups is 1. The first kappa shape index (κ1) is 24.1. The fraction of sp³-hybridized carbons (Fsp3) is 0.0769. The van der Waals surface area contributed by atoms with Gasteiger partial charge in [0.25, 0.3) is 16.8 Å². The monoisotopic (exact) mass is 537 g/mol. The van der Waals surface area contributed by atoms with Crippen molar-refractivity contribution < 1.29 is 14.5 Å². The first-order chi connectivity index (χ1) is 17.3. The van der Waals surface area contributed by atoms with Crippen LogP contribution in [0.4, 0.5) is 10.5 Å². The summed E-state index contributed by atoms with van der Waals surface area (Å²) in [5.74, 6) is -0.485. The van der Waals surface area contributed by atoms with Gasteiger partial charge in [-0.3, -0.25) is 24.6 Å². The van der Waals surface area contributed by atoms with Crippen LogP contribution in [0.15, 0.2) is 77.8 Å². The molecule has 180 valence electrons. The number of rotatable bonds is 6.